The molecule has 0 saturated carbocycles. The maximum atomic E-state index is 12.6. The number of anilines is 1. The Morgan fingerprint density at radius 3 is 2.44 bits per heavy atom. The summed E-state index contributed by atoms with van der Waals surface area (Å²) in [5.74, 6) is 0.405. The van der Waals surface area contributed by atoms with Crippen LogP contribution in [0.3, 0.4) is 0 Å². The van der Waals surface area contributed by atoms with Gasteiger partial charge in [-0.05, 0) is 61.9 Å². The average Bonchev–Trinajstić information content (AvgIpc) is 3.26. The molecule has 0 radical (unpaired) electrons. The zero-order valence-corrected chi connectivity index (χ0v) is 19.9. The summed E-state index contributed by atoms with van der Waals surface area (Å²) in [4.78, 5) is 17.2. The molecule has 1 heterocycles. The highest BCUT2D eigenvalue weighted by Crippen LogP contribution is 2.27. The third-order valence-electron chi connectivity index (χ3n) is 4.88. The molecule has 0 bridgehead atoms. The first kappa shape index (κ1) is 23.9. The summed E-state index contributed by atoms with van der Waals surface area (Å²) in [5, 5.41) is 5.08. The van der Waals surface area contributed by atoms with Crippen molar-refractivity contribution in [1.29, 1.82) is 0 Å². The molecule has 1 amide bonds. The van der Waals surface area contributed by atoms with Gasteiger partial charge in [0.2, 0.25) is 10.0 Å². The lowest BCUT2D eigenvalue weighted by Crippen LogP contribution is -2.32. The van der Waals surface area contributed by atoms with Crippen LogP contribution in [-0.2, 0) is 10.0 Å². The molecule has 0 saturated heterocycles. The highest BCUT2D eigenvalue weighted by atomic mass is 32.2. The quantitative estimate of drug-likeness (QED) is 0.435. The maximum absolute atomic E-state index is 12.6. The number of amides is 1. The number of carbonyl (C=O) groups excluding carboxylic acids is 1. The first-order chi connectivity index (χ1) is 15.3. The topological polar surface area (TPSA) is 97.4 Å². The average molecular weight is 474 g/mol. The molecule has 0 aliphatic heterocycles. The van der Waals surface area contributed by atoms with E-state index in [0.29, 0.717) is 10.7 Å². The SMILES string of the molecule is CCCCC(C)NS(=O)(=O)c1ccc(C(=O)Nc2nc(-c3ccc(OC)cc3)cs2)cc1. The maximum Gasteiger partial charge on any atom is 0.257 e. The molecule has 170 valence electrons. The van der Waals surface area contributed by atoms with Crippen molar-refractivity contribution in [2.75, 3.05) is 12.4 Å². The van der Waals surface area contributed by atoms with E-state index >= 15 is 0 Å². The molecule has 0 spiro atoms. The van der Waals surface area contributed by atoms with Gasteiger partial charge >= 0.3 is 0 Å². The smallest absolute Gasteiger partial charge is 0.257 e. The Kier molecular flexibility index (Phi) is 8.00. The first-order valence-corrected chi connectivity index (χ1v) is 12.7. The van der Waals surface area contributed by atoms with Gasteiger partial charge in [0, 0.05) is 22.5 Å². The Bertz CT molecular complexity index is 1140. The Hall–Kier alpha value is -2.75. The van der Waals surface area contributed by atoms with Crippen molar-refractivity contribution in [3.63, 3.8) is 0 Å². The van der Waals surface area contributed by atoms with Crippen molar-refractivity contribution in [3.8, 4) is 17.0 Å². The second-order valence-corrected chi connectivity index (χ2v) is 9.98. The fraction of sp³-hybridized carbons (Fsp3) is 0.304. The van der Waals surface area contributed by atoms with E-state index in [9.17, 15) is 13.2 Å². The second kappa shape index (κ2) is 10.7. The van der Waals surface area contributed by atoms with Crippen LogP contribution in [0, 0.1) is 0 Å². The largest absolute Gasteiger partial charge is 0.497 e. The van der Waals surface area contributed by atoms with Crippen LogP contribution in [0.15, 0.2) is 58.8 Å². The highest BCUT2D eigenvalue weighted by Gasteiger charge is 2.18. The minimum absolute atomic E-state index is 0.133. The zero-order valence-electron chi connectivity index (χ0n) is 18.3. The van der Waals surface area contributed by atoms with Crippen LogP contribution in [0.4, 0.5) is 5.13 Å². The summed E-state index contributed by atoms with van der Waals surface area (Å²) in [6.07, 6.45) is 2.75. The second-order valence-electron chi connectivity index (χ2n) is 7.41. The number of hydrogen-bond donors (Lipinski definition) is 2. The predicted molar refractivity (Wildman–Crippen MR) is 128 cm³/mol. The van der Waals surface area contributed by atoms with E-state index in [1.807, 2.05) is 36.6 Å². The first-order valence-electron chi connectivity index (χ1n) is 10.4. The molecule has 3 rings (SSSR count). The Balaban J connectivity index is 1.64. The number of ether oxygens (including phenoxy) is 1. The minimum atomic E-state index is -3.62. The molecule has 1 aromatic heterocycles. The lowest BCUT2D eigenvalue weighted by Gasteiger charge is -2.14. The standard InChI is InChI=1S/C23H27N3O4S2/c1-4-5-6-16(2)26-32(28,29)20-13-9-18(10-14-20)22(27)25-23-24-21(15-31-23)17-7-11-19(30-3)12-8-17/h7-16,26H,4-6H2,1-3H3,(H,24,25,27). The van der Waals surface area contributed by atoms with Gasteiger partial charge in [-0.2, -0.15) is 0 Å². The van der Waals surface area contributed by atoms with Crippen LogP contribution in [-0.4, -0.2) is 32.5 Å². The van der Waals surface area contributed by atoms with Crippen molar-refractivity contribution in [1.82, 2.24) is 9.71 Å². The van der Waals surface area contributed by atoms with Crippen LogP contribution >= 0.6 is 11.3 Å². The van der Waals surface area contributed by atoms with Gasteiger partial charge in [-0.25, -0.2) is 18.1 Å². The molecule has 9 heteroatoms. The number of thiazole rings is 1. The van der Waals surface area contributed by atoms with Crippen molar-refractivity contribution < 1.29 is 17.9 Å². The van der Waals surface area contributed by atoms with Gasteiger partial charge in [-0.1, -0.05) is 19.8 Å². The lowest BCUT2D eigenvalue weighted by atomic mass is 10.2. The van der Waals surface area contributed by atoms with E-state index in [4.69, 9.17) is 4.74 Å². The number of sulfonamides is 1. The molecule has 7 nitrogen and oxygen atoms in total. The van der Waals surface area contributed by atoms with Crippen molar-refractivity contribution in [3.05, 3.63) is 59.5 Å². The van der Waals surface area contributed by atoms with Crippen molar-refractivity contribution >= 4 is 32.4 Å². The molecule has 0 aliphatic carbocycles. The van der Waals surface area contributed by atoms with Gasteiger partial charge in [-0.3, -0.25) is 10.1 Å². The Morgan fingerprint density at radius 2 is 1.81 bits per heavy atom. The number of nitrogens with zero attached hydrogens (tertiary/aromatic N) is 1. The summed E-state index contributed by atoms with van der Waals surface area (Å²) >= 11 is 1.32. The van der Waals surface area contributed by atoms with Gasteiger partial charge in [0.25, 0.3) is 5.91 Å². The van der Waals surface area contributed by atoms with E-state index < -0.39 is 10.0 Å². The summed E-state index contributed by atoms with van der Waals surface area (Å²) in [6, 6.07) is 13.2. The van der Waals surface area contributed by atoms with Gasteiger partial charge in [0.1, 0.15) is 5.75 Å². The number of benzene rings is 2. The molecule has 2 N–H and O–H groups in total. The van der Waals surface area contributed by atoms with E-state index in [1.54, 1.807) is 7.11 Å². The number of methoxy groups -OCH3 is 1. The van der Waals surface area contributed by atoms with Gasteiger partial charge < -0.3 is 4.74 Å². The fourth-order valence-corrected chi connectivity index (χ4v) is 5.08. The number of nitrogens with one attached hydrogen (secondary N) is 2. The van der Waals surface area contributed by atoms with Gasteiger partial charge in [0.15, 0.2) is 5.13 Å². The molecule has 32 heavy (non-hydrogen) atoms. The zero-order chi connectivity index (χ0) is 23.1. The monoisotopic (exact) mass is 473 g/mol. The number of rotatable bonds is 10. The fourth-order valence-electron chi connectivity index (χ4n) is 3.08. The van der Waals surface area contributed by atoms with Crippen LogP contribution < -0.4 is 14.8 Å². The molecular weight excluding hydrogens is 446 g/mol. The van der Waals surface area contributed by atoms with E-state index in [0.717, 1.165) is 36.3 Å². The highest BCUT2D eigenvalue weighted by molar-refractivity contribution is 7.89. The normalized spacial score (nSPS) is 12.3. The number of aromatic nitrogens is 1. The number of carbonyl (C=O) groups is 1. The third-order valence-corrected chi connectivity index (χ3v) is 7.25. The predicted octanol–water partition coefficient (Wildman–Crippen LogP) is 4.93. The van der Waals surface area contributed by atoms with E-state index in [1.165, 1.54) is 35.6 Å². The van der Waals surface area contributed by atoms with Crippen LogP contribution in [0.1, 0.15) is 43.5 Å². The number of hydrogen-bond acceptors (Lipinski definition) is 6. The molecule has 0 fully saturated rings. The minimum Gasteiger partial charge on any atom is -0.497 e. The van der Waals surface area contributed by atoms with Crippen LogP contribution in [0.5, 0.6) is 5.75 Å². The molecular formula is C23H27N3O4S2. The summed E-state index contributed by atoms with van der Waals surface area (Å²) in [6.45, 7) is 3.92. The van der Waals surface area contributed by atoms with Crippen molar-refractivity contribution in [2.45, 2.75) is 44.0 Å². The molecule has 1 atom stereocenters. The lowest BCUT2D eigenvalue weighted by molar-refractivity contribution is 0.102. The third kappa shape index (κ3) is 6.15. The van der Waals surface area contributed by atoms with E-state index in [-0.39, 0.29) is 16.8 Å². The van der Waals surface area contributed by atoms with E-state index in [2.05, 4.69) is 21.9 Å². The summed E-state index contributed by atoms with van der Waals surface area (Å²) in [5.41, 5.74) is 2.01. The molecule has 0 aliphatic rings. The summed E-state index contributed by atoms with van der Waals surface area (Å²) in [7, 11) is -2.02. The molecule has 2 aromatic carbocycles. The summed E-state index contributed by atoms with van der Waals surface area (Å²) < 4.78 is 32.9. The van der Waals surface area contributed by atoms with Crippen molar-refractivity contribution in [2.24, 2.45) is 0 Å². The van der Waals surface area contributed by atoms with Gasteiger partial charge in [-0.15, -0.1) is 11.3 Å². The molecule has 1 unspecified atom stereocenters. The molecule has 3 aromatic rings. The van der Waals surface area contributed by atoms with Crippen LogP contribution in [0.25, 0.3) is 11.3 Å². The Morgan fingerprint density at radius 1 is 1.12 bits per heavy atom. The number of unbranched alkanes of at least 4 members (excludes halogenated alkanes) is 1. The Labute approximate surface area is 192 Å². The van der Waals surface area contributed by atoms with Gasteiger partial charge in [0.05, 0.1) is 17.7 Å². The van der Waals surface area contributed by atoms with Crippen LogP contribution in [0.2, 0.25) is 0 Å².